The zero-order chi connectivity index (χ0) is 4.99. The largest absolute Gasteiger partial charge is 0.604 e. The maximum atomic E-state index is 9.78. The van der Waals surface area contributed by atoms with Gasteiger partial charge in [0.1, 0.15) is 0 Å². The normalized spacial score (nSPS) is 6.67. The van der Waals surface area contributed by atoms with Crippen LogP contribution in [0.1, 0.15) is 0 Å². The van der Waals surface area contributed by atoms with Crippen LogP contribution in [-0.4, -0.2) is 12.8 Å². The molecule has 0 aliphatic heterocycles. The summed E-state index contributed by atoms with van der Waals surface area (Å²) in [7, 11) is 0. The Bertz CT molecular complexity index is 73.5. The summed E-state index contributed by atoms with van der Waals surface area (Å²) in [6, 6.07) is 0. The Kier molecular flexibility index (Phi) is 1.97. The van der Waals surface area contributed by atoms with E-state index in [1.165, 1.54) is 0 Å². The van der Waals surface area contributed by atoms with E-state index in [2.05, 4.69) is 17.8 Å². The van der Waals surface area contributed by atoms with Crippen LogP contribution in [0, 0.1) is 0 Å². The first kappa shape index (κ1) is 5.08. The Morgan fingerprint density at radius 3 is 2.33 bits per heavy atom. The highest BCUT2D eigenvalue weighted by molar-refractivity contribution is 5.78. The van der Waals surface area contributed by atoms with Gasteiger partial charge in [0.25, 0.3) is 0 Å². The summed E-state index contributed by atoms with van der Waals surface area (Å²) >= 11 is 0. The zero-order valence-electron chi connectivity index (χ0n) is 3.31. The lowest BCUT2D eigenvalue weighted by Gasteiger charge is -1.53. The molecule has 32 valence electrons. The standard InChI is InChI=1S/C4H5O2/c1-3-4(5)6-2/h3H,1-2H2/q+1. The van der Waals surface area contributed by atoms with Gasteiger partial charge < -0.3 is 0 Å². The summed E-state index contributed by atoms with van der Waals surface area (Å²) in [6.45, 7) is 5.95. The van der Waals surface area contributed by atoms with Gasteiger partial charge in [0.05, 0.1) is 10.9 Å². The molecule has 0 aromatic heterocycles. The van der Waals surface area contributed by atoms with Gasteiger partial charge in [-0.15, -0.1) is 0 Å². The fraction of sp³-hybridized carbons (Fsp3) is 0. The average molecular weight is 85.1 g/mol. The first-order valence-electron chi connectivity index (χ1n) is 1.39. The number of hydrogen-bond acceptors (Lipinski definition) is 1. The van der Waals surface area contributed by atoms with E-state index in [1.807, 2.05) is 0 Å². The summed E-state index contributed by atoms with van der Waals surface area (Å²) in [5.74, 6) is -0.505. The lowest BCUT2D eigenvalue weighted by atomic mass is 10.7. The summed E-state index contributed by atoms with van der Waals surface area (Å²) in [6.07, 6.45) is 1.05. The molecule has 0 radical (unpaired) electrons. The highest BCUT2D eigenvalue weighted by Gasteiger charge is 1.98. The fourth-order valence-corrected chi connectivity index (χ4v) is 0.0589. The topological polar surface area (TPSA) is 28.4 Å². The van der Waals surface area contributed by atoms with E-state index in [-0.39, 0.29) is 0 Å². The minimum absolute atomic E-state index is 0.505. The molecule has 0 spiro atoms. The van der Waals surface area contributed by atoms with Gasteiger partial charge in [-0.05, 0) is 0 Å². The number of rotatable bonds is 1. The van der Waals surface area contributed by atoms with E-state index < -0.39 is 5.97 Å². The van der Waals surface area contributed by atoms with E-state index in [0.717, 1.165) is 6.08 Å². The van der Waals surface area contributed by atoms with Gasteiger partial charge in [-0.1, -0.05) is 6.58 Å². The molecule has 2 heteroatoms. The lowest BCUT2D eigenvalue weighted by Crippen LogP contribution is -1.86. The molecule has 0 fully saturated rings. The van der Waals surface area contributed by atoms with E-state index >= 15 is 0 Å². The summed E-state index contributed by atoms with van der Waals surface area (Å²) in [5, 5.41) is 0. The molecule has 0 aromatic carbocycles. The molecule has 0 amide bonds. The molecule has 0 aliphatic rings. The van der Waals surface area contributed by atoms with Crippen molar-refractivity contribution in [3.63, 3.8) is 0 Å². The van der Waals surface area contributed by atoms with Crippen molar-refractivity contribution in [2.75, 3.05) is 0 Å². The molecule has 0 heterocycles. The van der Waals surface area contributed by atoms with E-state index in [4.69, 9.17) is 0 Å². The first-order valence-corrected chi connectivity index (χ1v) is 1.39. The predicted octanol–water partition coefficient (Wildman–Crippen LogP) is 0.0634. The van der Waals surface area contributed by atoms with Crippen molar-refractivity contribution < 1.29 is 9.22 Å². The SMILES string of the molecule is C=CC(=O)[O+]=C. The lowest BCUT2D eigenvalue weighted by molar-refractivity contribution is -0.361. The van der Waals surface area contributed by atoms with Gasteiger partial charge in [0, 0.05) is 0 Å². The molecule has 0 unspecified atom stereocenters. The van der Waals surface area contributed by atoms with Crippen LogP contribution < -0.4 is 0 Å². The molecule has 2 nitrogen and oxygen atoms in total. The maximum absolute atomic E-state index is 9.78. The summed E-state index contributed by atoms with van der Waals surface area (Å²) < 4.78 is 3.89. The maximum Gasteiger partial charge on any atom is 0.604 e. The Labute approximate surface area is 35.8 Å². The molecule has 0 saturated heterocycles. The second kappa shape index (κ2) is 2.33. The van der Waals surface area contributed by atoms with Crippen LogP contribution >= 0.6 is 0 Å². The van der Waals surface area contributed by atoms with Gasteiger partial charge in [0.15, 0.2) is 6.79 Å². The van der Waals surface area contributed by atoms with E-state index in [0.29, 0.717) is 0 Å². The second-order valence-electron chi connectivity index (χ2n) is 0.667. The summed E-state index contributed by atoms with van der Waals surface area (Å²) in [5.41, 5.74) is 0. The second-order valence-corrected chi connectivity index (χ2v) is 0.667. The molecule has 0 N–H and O–H groups in total. The van der Waals surface area contributed by atoms with Crippen LogP contribution in [0.15, 0.2) is 12.7 Å². The Morgan fingerprint density at radius 1 is 1.83 bits per heavy atom. The van der Waals surface area contributed by atoms with Gasteiger partial charge >= 0.3 is 5.97 Å². The molecular formula is C4H5O2+. The highest BCUT2D eigenvalue weighted by atomic mass is 16.4. The average Bonchev–Trinajstić information content (AvgIpc) is 1.65. The Balaban J connectivity index is 3.52. The zero-order valence-corrected chi connectivity index (χ0v) is 3.31. The molecule has 0 saturated carbocycles. The molecule has 0 atom stereocenters. The molecule has 0 bridgehead atoms. The van der Waals surface area contributed by atoms with Crippen LogP contribution in [0.5, 0.6) is 0 Å². The Morgan fingerprint density at radius 2 is 2.33 bits per heavy atom. The number of carbonyl (C=O) groups is 1. The van der Waals surface area contributed by atoms with Gasteiger partial charge in [-0.25, -0.2) is 0 Å². The highest BCUT2D eigenvalue weighted by Crippen LogP contribution is 1.60. The fourth-order valence-electron chi connectivity index (χ4n) is 0.0589. The Hall–Kier alpha value is -0.920. The third-order valence-electron chi connectivity index (χ3n) is 0.309. The van der Waals surface area contributed by atoms with Crippen LogP contribution in [0.2, 0.25) is 0 Å². The molecule has 0 aromatic rings. The number of carbonyl (C=O) groups excluding carboxylic acids is 2. The quantitative estimate of drug-likeness (QED) is 0.327. The van der Waals surface area contributed by atoms with E-state index in [9.17, 15) is 4.79 Å². The number of hydrogen-bond donors (Lipinski definition) is 0. The van der Waals surface area contributed by atoms with Crippen molar-refractivity contribution in [1.82, 2.24) is 0 Å². The van der Waals surface area contributed by atoms with Crippen LogP contribution in [0.25, 0.3) is 0 Å². The van der Waals surface area contributed by atoms with Crippen molar-refractivity contribution in [2.24, 2.45) is 0 Å². The molecule has 6 heavy (non-hydrogen) atoms. The monoisotopic (exact) mass is 85.0 g/mol. The molecule has 0 aliphatic carbocycles. The third kappa shape index (κ3) is 1.40. The van der Waals surface area contributed by atoms with Crippen LogP contribution in [-0.2, 0) is 9.22 Å². The first-order chi connectivity index (χ1) is 2.81. The van der Waals surface area contributed by atoms with Gasteiger partial charge in [0.2, 0.25) is 0 Å². The van der Waals surface area contributed by atoms with Gasteiger partial charge in [-0.2, -0.15) is 0 Å². The minimum Gasteiger partial charge on any atom is -0.285 e. The summed E-state index contributed by atoms with van der Waals surface area (Å²) in [4.78, 5) is 9.78. The minimum atomic E-state index is -0.505. The van der Waals surface area contributed by atoms with Crippen molar-refractivity contribution >= 4 is 12.8 Å². The van der Waals surface area contributed by atoms with Crippen molar-refractivity contribution in [2.45, 2.75) is 0 Å². The molecule has 0 rings (SSSR count). The molecular weight excluding hydrogens is 80.0 g/mol. The van der Waals surface area contributed by atoms with E-state index in [1.54, 1.807) is 0 Å². The van der Waals surface area contributed by atoms with Crippen LogP contribution in [0.3, 0.4) is 0 Å². The smallest absolute Gasteiger partial charge is 0.285 e. The van der Waals surface area contributed by atoms with Crippen molar-refractivity contribution in [3.05, 3.63) is 12.7 Å². The van der Waals surface area contributed by atoms with Crippen molar-refractivity contribution in [3.8, 4) is 0 Å². The van der Waals surface area contributed by atoms with Gasteiger partial charge in [-0.3, -0.25) is 4.42 Å². The third-order valence-corrected chi connectivity index (χ3v) is 0.309. The van der Waals surface area contributed by atoms with Crippen molar-refractivity contribution in [1.29, 1.82) is 0 Å². The predicted molar refractivity (Wildman–Crippen MR) is 22.3 cm³/mol. The van der Waals surface area contributed by atoms with Crippen LogP contribution in [0.4, 0.5) is 0 Å².